The van der Waals surface area contributed by atoms with Gasteiger partial charge < -0.3 is 0 Å². The predicted octanol–water partition coefficient (Wildman–Crippen LogP) is 1.00. The second-order valence-corrected chi connectivity index (χ2v) is 2.78. The molecule has 4 heteroatoms. The van der Waals surface area contributed by atoms with E-state index >= 15 is 0 Å². The third-order valence-corrected chi connectivity index (χ3v) is 2.23. The summed E-state index contributed by atoms with van der Waals surface area (Å²) in [6.45, 7) is 0. The first kappa shape index (κ1) is 6.16. The van der Waals surface area contributed by atoms with Crippen LogP contribution in [0.2, 0.25) is 0 Å². The summed E-state index contributed by atoms with van der Waals surface area (Å²) >= 11 is 5.70. The highest BCUT2D eigenvalue weighted by atomic mass is 35.5. The number of fused-ring (bicyclic) bond motifs is 1. The Morgan fingerprint density at radius 3 is 3.50 bits per heavy atom. The predicted molar refractivity (Wildman–Crippen MR) is 38.1 cm³/mol. The first-order chi connectivity index (χ1) is 4.92. The maximum atomic E-state index is 5.70. The average Bonchev–Trinajstić information content (AvgIpc) is 2.44. The summed E-state index contributed by atoms with van der Waals surface area (Å²) < 4.78 is 1.92. The molecule has 1 unspecified atom stereocenters. The molecule has 2 heterocycles. The van der Waals surface area contributed by atoms with Gasteiger partial charge in [-0.3, -0.25) is 0 Å². The molecule has 54 valence electrons. The number of halogens is 1. The Labute approximate surface area is 64.0 Å². The van der Waals surface area contributed by atoms with Crippen molar-refractivity contribution in [2.24, 2.45) is 0 Å². The lowest BCUT2D eigenvalue weighted by molar-refractivity contribution is 0.526. The van der Waals surface area contributed by atoms with Gasteiger partial charge in [-0.05, 0) is 6.42 Å². The van der Waals surface area contributed by atoms with Gasteiger partial charge in [0.15, 0.2) is 0 Å². The van der Waals surface area contributed by atoms with Gasteiger partial charge in [-0.1, -0.05) is 0 Å². The lowest BCUT2D eigenvalue weighted by atomic mass is 10.2. The lowest BCUT2D eigenvalue weighted by Gasteiger charge is -2.04. The van der Waals surface area contributed by atoms with Crippen molar-refractivity contribution in [3.05, 3.63) is 12.2 Å². The van der Waals surface area contributed by atoms with Gasteiger partial charge >= 0.3 is 0 Å². The van der Waals surface area contributed by atoms with Gasteiger partial charge in [-0.25, -0.2) is 9.67 Å². The van der Waals surface area contributed by atoms with Gasteiger partial charge in [0.05, 0.1) is 6.04 Å². The topological polar surface area (TPSA) is 30.7 Å². The van der Waals surface area contributed by atoms with E-state index in [2.05, 4.69) is 10.1 Å². The minimum absolute atomic E-state index is 0.388. The molecule has 2 rings (SSSR count). The molecule has 0 spiro atoms. The highest BCUT2D eigenvalue weighted by Crippen LogP contribution is 2.23. The zero-order chi connectivity index (χ0) is 6.97. The molecule has 0 amide bonds. The van der Waals surface area contributed by atoms with Crippen LogP contribution in [0, 0.1) is 0 Å². The molecule has 10 heavy (non-hydrogen) atoms. The van der Waals surface area contributed by atoms with Gasteiger partial charge in [-0.15, -0.1) is 11.6 Å². The molecule has 1 atom stereocenters. The van der Waals surface area contributed by atoms with Crippen LogP contribution in [0.15, 0.2) is 6.33 Å². The zero-order valence-electron chi connectivity index (χ0n) is 5.50. The fourth-order valence-corrected chi connectivity index (χ4v) is 1.60. The molecule has 0 saturated carbocycles. The number of rotatable bonds is 1. The number of aryl methyl sites for hydroxylation is 1. The van der Waals surface area contributed by atoms with Crippen LogP contribution in [-0.4, -0.2) is 20.6 Å². The lowest BCUT2D eigenvalue weighted by Crippen LogP contribution is -2.06. The Hall–Kier alpha value is -0.570. The zero-order valence-corrected chi connectivity index (χ0v) is 6.25. The molecule has 1 aliphatic rings. The summed E-state index contributed by atoms with van der Waals surface area (Å²) in [7, 11) is 0. The van der Waals surface area contributed by atoms with Crippen molar-refractivity contribution in [1.29, 1.82) is 0 Å². The molecule has 1 aromatic heterocycles. The number of aromatic nitrogens is 3. The largest absolute Gasteiger partial charge is 0.246 e. The van der Waals surface area contributed by atoms with E-state index in [-0.39, 0.29) is 0 Å². The van der Waals surface area contributed by atoms with Crippen molar-refractivity contribution in [2.75, 3.05) is 5.88 Å². The third-order valence-electron chi connectivity index (χ3n) is 1.87. The van der Waals surface area contributed by atoms with Crippen molar-refractivity contribution in [3.63, 3.8) is 0 Å². The van der Waals surface area contributed by atoms with Gasteiger partial charge in [0.2, 0.25) is 0 Å². The van der Waals surface area contributed by atoms with Crippen molar-refractivity contribution < 1.29 is 0 Å². The van der Waals surface area contributed by atoms with Crippen LogP contribution in [0.25, 0.3) is 0 Å². The van der Waals surface area contributed by atoms with Crippen LogP contribution in [0.4, 0.5) is 0 Å². The van der Waals surface area contributed by atoms with Crippen LogP contribution in [0.1, 0.15) is 18.3 Å². The summed E-state index contributed by atoms with van der Waals surface area (Å²) in [6.07, 6.45) is 3.71. The van der Waals surface area contributed by atoms with E-state index in [4.69, 9.17) is 11.6 Å². The minimum Gasteiger partial charge on any atom is -0.246 e. The smallest absolute Gasteiger partial charge is 0.138 e. The minimum atomic E-state index is 0.388. The summed E-state index contributed by atoms with van der Waals surface area (Å²) in [5, 5.41) is 4.07. The Morgan fingerprint density at radius 1 is 1.80 bits per heavy atom. The van der Waals surface area contributed by atoms with Crippen LogP contribution in [-0.2, 0) is 6.42 Å². The Kier molecular flexibility index (Phi) is 1.38. The molecule has 0 bridgehead atoms. The molecule has 0 saturated heterocycles. The normalized spacial score (nSPS) is 23.1. The molecule has 0 radical (unpaired) electrons. The molecule has 1 aromatic rings. The van der Waals surface area contributed by atoms with Crippen LogP contribution >= 0.6 is 11.6 Å². The molecular formula is C6H8ClN3. The van der Waals surface area contributed by atoms with Gasteiger partial charge in [-0.2, -0.15) is 5.10 Å². The van der Waals surface area contributed by atoms with Crippen molar-refractivity contribution in [3.8, 4) is 0 Å². The molecule has 1 aliphatic heterocycles. The number of nitrogens with zero attached hydrogens (tertiary/aromatic N) is 3. The third kappa shape index (κ3) is 0.736. The molecule has 0 aliphatic carbocycles. The maximum absolute atomic E-state index is 5.70. The first-order valence-corrected chi connectivity index (χ1v) is 3.89. The molecule has 0 aromatic carbocycles. The Balaban J connectivity index is 2.34. The Bertz CT molecular complexity index is 233. The highest BCUT2D eigenvalue weighted by Gasteiger charge is 2.21. The van der Waals surface area contributed by atoms with Crippen molar-refractivity contribution >= 4 is 11.6 Å². The van der Waals surface area contributed by atoms with Crippen LogP contribution < -0.4 is 0 Å². The molecular weight excluding hydrogens is 150 g/mol. The van der Waals surface area contributed by atoms with E-state index in [9.17, 15) is 0 Å². The van der Waals surface area contributed by atoms with Crippen molar-refractivity contribution in [1.82, 2.24) is 14.8 Å². The second kappa shape index (κ2) is 2.23. The molecule has 0 N–H and O–H groups in total. The Morgan fingerprint density at radius 2 is 2.70 bits per heavy atom. The molecule has 0 fully saturated rings. The number of alkyl halides is 1. The van der Waals surface area contributed by atoms with E-state index in [1.54, 1.807) is 6.33 Å². The standard InChI is InChI=1S/C6H8ClN3/c7-3-5-1-2-6-8-4-9-10(5)6/h4-5H,1-3H2. The fourth-order valence-electron chi connectivity index (χ4n) is 1.32. The summed E-state index contributed by atoms with van der Waals surface area (Å²) in [6, 6.07) is 0.388. The average molecular weight is 158 g/mol. The van der Waals surface area contributed by atoms with Gasteiger partial charge in [0.1, 0.15) is 12.2 Å². The fraction of sp³-hybridized carbons (Fsp3) is 0.667. The molecule has 3 nitrogen and oxygen atoms in total. The highest BCUT2D eigenvalue weighted by molar-refractivity contribution is 6.18. The first-order valence-electron chi connectivity index (χ1n) is 3.36. The second-order valence-electron chi connectivity index (χ2n) is 2.47. The monoisotopic (exact) mass is 157 g/mol. The van der Waals surface area contributed by atoms with Crippen molar-refractivity contribution in [2.45, 2.75) is 18.9 Å². The number of hydrogen-bond donors (Lipinski definition) is 0. The maximum Gasteiger partial charge on any atom is 0.138 e. The number of hydrogen-bond acceptors (Lipinski definition) is 2. The van der Waals surface area contributed by atoms with E-state index < -0.39 is 0 Å². The van der Waals surface area contributed by atoms with E-state index in [0.29, 0.717) is 11.9 Å². The van der Waals surface area contributed by atoms with E-state index in [1.807, 2.05) is 4.68 Å². The summed E-state index contributed by atoms with van der Waals surface area (Å²) in [5.74, 6) is 1.72. The summed E-state index contributed by atoms with van der Waals surface area (Å²) in [5.41, 5.74) is 0. The van der Waals surface area contributed by atoms with Crippen LogP contribution in [0.5, 0.6) is 0 Å². The van der Waals surface area contributed by atoms with E-state index in [1.165, 1.54) is 0 Å². The SMILES string of the molecule is ClCC1CCc2ncnn21. The van der Waals surface area contributed by atoms with E-state index in [0.717, 1.165) is 18.7 Å². The quantitative estimate of drug-likeness (QED) is 0.570. The van der Waals surface area contributed by atoms with Crippen LogP contribution in [0.3, 0.4) is 0 Å². The van der Waals surface area contributed by atoms with Gasteiger partial charge in [0, 0.05) is 12.3 Å². The van der Waals surface area contributed by atoms with Gasteiger partial charge in [0.25, 0.3) is 0 Å². The summed E-state index contributed by atoms with van der Waals surface area (Å²) in [4.78, 5) is 4.09.